The molecule has 1 aromatic carbocycles. The molecule has 0 N–H and O–H groups in total. The van der Waals surface area contributed by atoms with Crippen LogP contribution in [0.15, 0.2) is 24.3 Å². The van der Waals surface area contributed by atoms with E-state index < -0.39 is 0 Å². The highest BCUT2D eigenvalue weighted by Gasteiger charge is 2.23. The third kappa shape index (κ3) is 3.47. The zero-order valence-corrected chi connectivity index (χ0v) is 11.1. The Labute approximate surface area is 105 Å². The van der Waals surface area contributed by atoms with Crippen molar-refractivity contribution in [2.24, 2.45) is 5.92 Å². The van der Waals surface area contributed by atoms with Gasteiger partial charge in [0.25, 0.3) is 0 Å². The molecule has 1 heterocycles. The van der Waals surface area contributed by atoms with Crippen LogP contribution in [0.4, 0.5) is 0 Å². The summed E-state index contributed by atoms with van der Waals surface area (Å²) in [6.45, 7) is 6.73. The predicted octanol–water partition coefficient (Wildman–Crippen LogP) is 3.10. The Balaban J connectivity index is 2.02. The molecule has 1 fully saturated rings. The number of nitrogens with zero attached hydrogens (tertiary/aromatic N) is 1. The van der Waals surface area contributed by atoms with E-state index in [2.05, 4.69) is 50.1 Å². The number of benzene rings is 1. The van der Waals surface area contributed by atoms with Gasteiger partial charge in [-0.3, -0.25) is 0 Å². The van der Waals surface area contributed by atoms with E-state index in [4.69, 9.17) is 4.74 Å². The van der Waals surface area contributed by atoms with Crippen LogP contribution in [0.1, 0.15) is 25.3 Å². The third-order valence-corrected chi connectivity index (χ3v) is 3.54. The molecule has 2 rings (SSSR count). The SMILES string of the molecule is Cc1cccc(OC2CCCN(C)CC2C)c1. The van der Waals surface area contributed by atoms with Gasteiger partial charge in [0.15, 0.2) is 0 Å². The number of aryl methyl sites for hydroxylation is 1. The van der Waals surface area contributed by atoms with E-state index in [1.807, 2.05) is 0 Å². The third-order valence-electron chi connectivity index (χ3n) is 3.54. The van der Waals surface area contributed by atoms with Gasteiger partial charge in [-0.05, 0) is 51.1 Å². The number of hydrogen-bond acceptors (Lipinski definition) is 2. The molecule has 0 aliphatic carbocycles. The fourth-order valence-electron chi connectivity index (χ4n) is 2.59. The largest absolute Gasteiger partial charge is 0.490 e. The molecule has 1 aliphatic heterocycles. The normalized spacial score (nSPS) is 26.5. The maximum Gasteiger partial charge on any atom is 0.119 e. The topological polar surface area (TPSA) is 12.5 Å². The van der Waals surface area contributed by atoms with Crippen molar-refractivity contribution in [3.8, 4) is 5.75 Å². The second kappa shape index (κ2) is 5.54. The van der Waals surface area contributed by atoms with Gasteiger partial charge in [-0.2, -0.15) is 0 Å². The van der Waals surface area contributed by atoms with Gasteiger partial charge in [-0.25, -0.2) is 0 Å². The fourth-order valence-corrected chi connectivity index (χ4v) is 2.59. The molecule has 2 heteroatoms. The molecule has 0 spiro atoms. The van der Waals surface area contributed by atoms with E-state index in [1.54, 1.807) is 0 Å². The highest BCUT2D eigenvalue weighted by Crippen LogP contribution is 2.23. The van der Waals surface area contributed by atoms with E-state index in [1.165, 1.54) is 24.9 Å². The Bertz CT molecular complexity index is 364. The average molecular weight is 233 g/mol. The molecule has 0 radical (unpaired) electrons. The first-order valence-electron chi connectivity index (χ1n) is 6.57. The molecule has 0 amide bonds. The van der Waals surface area contributed by atoms with Crippen molar-refractivity contribution in [2.45, 2.75) is 32.8 Å². The van der Waals surface area contributed by atoms with E-state index >= 15 is 0 Å². The lowest BCUT2D eigenvalue weighted by Gasteiger charge is -2.24. The van der Waals surface area contributed by atoms with Crippen LogP contribution in [0.3, 0.4) is 0 Å². The van der Waals surface area contributed by atoms with Crippen LogP contribution in [-0.4, -0.2) is 31.1 Å². The van der Waals surface area contributed by atoms with Crippen molar-refractivity contribution in [1.29, 1.82) is 0 Å². The molecule has 1 aromatic rings. The molecule has 0 bridgehead atoms. The van der Waals surface area contributed by atoms with Gasteiger partial charge < -0.3 is 9.64 Å². The molecule has 0 aromatic heterocycles. The summed E-state index contributed by atoms with van der Waals surface area (Å²) in [5, 5.41) is 0. The van der Waals surface area contributed by atoms with Crippen molar-refractivity contribution in [2.75, 3.05) is 20.1 Å². The Morgan fingerprint density at radius 2 is 2.18 bits per heavy atom. The number of likely N-dealkylation sites (tertiary alicyclic amines) is 1. The van der Waals surface area contributed by atoms with Crippen molar-refractivity contribution < 1.29 is 4.74 Å². The van der Waals surface area contributed by atoms with Gasteiger partial charge >= 0.3 is 0 Å². The molecule has 2 unspecified atom stereocenters. The lowest BCUT2D eigenvalue weighted by Crippen LogP contribution is -2.30. The first kappa shape index (κ1) is 12.4. The fraction of sp³-hybridized carbons (Fsp3) is 0.600. The van der Waals surface area contributed by atoms with E-state index in [9.17, 15) is 0 Å². The summed E-state index contributed by atoms with van der Waals surface area (Å²) in [5.74, 6) is 1.62. The minimum Gasteiger partial charge on any atom is -0.490 e. The second-order valence-electron chi connectivity index (χ2n) is 5.35. The van der Waals surface area contributed by atoms with Crippen LogP contribution in [-0.2, 0) is 0 Å². The Kier molecular flexibility index (Phi) is 4.06. The number of ether oxygens (including phenoxy) is 1. The zero-order chi connectivity index (χ0) is 12.3. The first-order chi connectivity index (χ1) is 8.15. The van der Waals surface area contributed by atoms with Crippen LogP contribution in [0.5, 0.6) is 5.75 Å². The lowest BCUT2D eigenvalue weighted by molar-refractivity contribution is 0.131. The lowest BCUT2D eigenvalue weighted by atomic mass is 10.0. The average Bonchev–Trinajstić information content (AvgIpc) is 2.41. The highest BCUT2D eigenvalue weighted by molar-refractivity contribution is 5.27. The molecule has 2 atom stereocenters. The standard InChI is InChI=1S/C15H23NO/c1-12-6-4-7-14(10-12)17-15-8-5-9-16(3)11-13(15)2/h4,6-7,10,13,15H,5,8-9,11H2,1-3H3. The molecule has 1 saturated heterocycles. The van der Waals surface area contributed by atoms with Gasteiger partial charge in [0.05, 0.1) is 0 Å². The highest BCUT2D eigenvalue weighted by atomic mass is 16.5. The van der Waals surface area contributed by atoms with Gasteiger partial charge in [0.1, 0.15) is 11.9 Å². The summed E-state index contributed by atoms with van der Waals surface area (Å²) in [4.78, 5) is 2.41. The van der Waals surface area contributed by atoms with E-state index in [0.29, 0.717) is 12.0 Å². The molecule has 94 valence electrons. The summed E-state index contributed by atoms with van der Waals surface area (Å²) < 4.78 is 6.15. The summed E-state index contributed by atoms with van der Waals surface area (Å²) >= 11 is 0. The summed E-state index contributed by atoms with van der Waals surface area (Å²) in [7, 11) is 2.20. The summed E-state index contributed by atoms with van der Waals surface area (Å²) in [6, 6.07) is 8.37. The van der Waals surface area contributed by atoms with E-state index in [-0.39, 0.29) is 0 Å². The first-order valence-corrected chi connectivity index (χ1v) is 6.57. The molecule has 0 saturated carbocycles. The zero-order valence-electron chi connectivity index (χ0n) is 11.1. The smallest absolute Gasteiger partial charge is 0.119 e. The molecular formula is C15H23NO. The summed E-state index contributed by atoms with van der Waals surface area (Å²) in [6.07, 6.45) is 2.76. The van der Waals surface area contributed by atoms with Gasteiger partial charge in [-0.1, -0.05) is 19.1 Å². The summed E-state index contributed by atoms with van der Waals surface area (Å²) in [5.41, 5.74) is 1.26. The predicted molar refractivity (Wildman–Crippen MR) is 71.5 cm³/mol. The Hall–Kier alpha value is -1.02. The molecule has 1 aliphatic rings. The molecule has 17 heavy (non-hydrogen) atoms. The van der Waals surface area contributed by atoms with Gasteiger partial charge in [-0.15, -0.1) is 0 Å². The van der Waals surface area contributed by atoms with Crippen LogP contribution in [0, 0.1) is 12.8 Å². The van der Waals surface area contributed by atoms with Crippen LogP contribution in [0.2, 0.25) is 0 Å². The monoisotopic (exact) mass is 233 g/mol. The maximum atomic E-state index is 6.15. The minimum atomic E-state index is 0.363. The van der Waals surface area contributed by atoms with E-state index in [0.717, 1.165) is 12.3 Å². The Morgan fingerprint density at radius 3 is 2.94 bits per heavy atom. The van der Waals surface area contributed by atoms with Gasteiger partial charge in [0, 0.05) is 12.5 Å². The van der Waals surface area contributed by atoms with Crippen LogP contribution < -0.4 is 4.74 Å². The number of hydrogen-bond donors (Lipinski definition) is 0. The van der Waals surface area contributed by atoms with Crippen LogP contribution >= 0.6 is 0 Å². The van der Waals surface area contributed by atoms with Crippen molar-refractivity contribution in [3.63, 3.8) is 0 Å². The van der Waals surface area contributed by atoms with Crippen LogP contribution in [0.25, 0.3) is 0 Å². The van der Waals surface area contributed by atoms with Crippen molar-refractivity contribution in [3.05, 3.63) is 29.8 Å². The molecular weight excluding hydrogens is 210 g/mol. The number of rotatable bonds is 2. The maximum absolute atomic E-state index is 6.15. The molecule has 2 nitrogen and oxygen atoms in total. The Morgan fingerprint density at radius 1 is 1.35 bits per heavy atom. The van der Waals surface area contributed by atoms with Crippen molar-refractivity contribution in [1.82, 2.24) is 4.90 Å². The second-order valence-corrected chi connectivity index (χ2v) is 5.35. The minimum absolute atomic E-state index is 0.363. The van der Waals surface area contributed by atoms with Crippen molar-refractivity contribution >= 4 is 0 Å². The van der Waals surface area contributed by atoms with Gasteiger partial charge in [0.2, 0.25) is 0 Å². The quantitative estimate of drug-likeness (QED) is 0.778.